The van der Waals surface area contributed by atoms with Gasteiger partial charge in [0.2, 0.25) is 11.9 Å². The summed E-state index contributed by atoms with van der Waals surface area (Å²) < 4.78 is 43.1. The maximum Gasteiger partial charge on any atom is 0.491 e. The third-order valence-corrected chi connectivity index (χ3v) is 4.61. The van der Waals surface area contributed by atoms with Crippen molar-refractivity contribution in [3.8, 4) is 11.8 Å². The van der Waals surface area contributed by atoms with Crippen LogP contribution in [0.25, 0.3) is 11.2 Å². The van der Waals surface area contributed by atoms with E-state index < -0.39 is 30.2 Å². The van der Waals surface area contributed by atoms with E-state index in [2.05, 4.69) is 37.2 Å². The van der Waals surface area contributed by atoms with Crippen LogP contribution in [-0.2, 0) is 27.9 Å². The average molecular weight is 455 g/mol. The van der Waals surface area contributed by atoms with Crippen molar-refractivity contribution in [2.75, 3.05) is 42.9 Å². The fourth-order valence-electron chi connectivity index (χ4n) is 3.07. The van der Waals surface area contributed by atoms with E-state index in [0.717, 1.165) is 17.7 Å². The molecule has 0 spiro atoms. The molecule has 1 aliphatic rings. The van der Waals surface area contributed by atoms with Crippen LogP contribution in [0.5, 0.6) is 0 Å². The molecule has 1 fully saturated rings. The zero-order chi connectivity index (χ0) is 23.5. The van der Waals surface area contributed by atoms with E-state index in [-0.39, 0.29) is 23.7 Å². The van der Waals surface area contributed by atoms with Gasteiger partial charge in [-0.15, -0.1) is 5.92 Å². The van der Waals surface area contributed by atoms with Gasteiger partial charge in [-0.25, -0.2) is 9.59 Å². The molecular weight excluding hydrogens is 435 g/mol. The van der Waals surface area contributed by atoms with Gasteiger partial charge in [-0.05, 0) is 6.92 Å². The van der Waals surface area contributed by atoms with Crippen molar-refractivity contribution in [3.63, 3.8) is 0 Å². The number of nitrogens with zero attached hydrogens (tertiary/aromatic N) is 5. The fraction of sp³-hybridized carbons (Fsp3) is 0.500. The SMILES string of the molecule is CC#CCn1c(N2CCNCC2)nc2nc(NCC(=O)OC(=O)C(F)(F)F)n(C)c(=O)c21. The first-order chi connectivity index (χ1) is 15.1. The lowest BCUT2D eigenvalue weighted by molar-refractivity contribution is -0.201. The largest absolute Gasteiger partial charge is 0.491 e. The van der Waals surface area contributed by atoms with Crippen LogP contribution >= 0.6 is 0 Å². The Morgan fingerprint density at radius 1 is 1.25 bits per heavy atom. The molecule has 2 aromatic heterocycles. The first-order valence-corrected chi connectivity index (χ1v) is 9.51. The summed E-state index contributed by atoms with van der Waals surface area (Å²) in [5, 5.41) is 5.64. The van der Waals surface area contributed by atoms with E-state index in [1.54, 1.807) is 11.5 Å². The number of fused-ring (bicyclic) bond motifs is 1. The predicted octanol–water partition coefficient (Wildman–Crippen LogP) is -0.393. The summed E-state index contributed by atoms with van der Waals surface area (Å²) in [6, 6.07) is 0. The molecule has 2 N–H and O–H groups in total. The minimum Gasteiger partial charge on any atom is -0.385 e. The van der Waals surface area contributed by atoms with E-state index in [1.807, 2.05) is 4.90 Å². The van der Waals surface area contributed by atoms with E-state index in [4.69, 9.17) is 0 Å². The zero-order valence-corrected chi connectivity index (χ0v) is 17.2. The second-order valence-electron chi connectivity index (χ2n) is 6.75. The first-order valence-electron chi connectivity index (χ1n) is 9.51. The van der Waals surface area contributed by atoms with Crippen molar-refractivity contribution < 1.29 is 27.5 Å². The first kappa shape index (κ1) is 23.1. The molecule has 0 aromatic carbocycles. The summed E-state index contributed by atoms with van der Waals surface area (Å²) in [7, 11) is 1.37. The predicted molar refractivity (Wildman–Crippen MR) is 107 cm³/mol. The standard InChI is InChI=1S/C18H20F3N7O4/c1-3-4-7-28-12-13(25-17(28)27-8-5-22-6-9-27)24-16(26(2)14(12)30)23-10-11(29)32-15(31)18(19,20)21/h22H,5-10H2,1-2H3,(H,23,24). The van der Waals surface area contributed by atoms with Gasteiger partial charge in [0, 0.05) is 33.2 Å². The smallest absolute Gasteiger partial charge is 0.385 e. The van der Waals surface area contributed by atoms with Crippen LogP contribution in [0.2, 0.25) is 0 Å². The second kappa shape index (κ2) is 9.27. The van der Waals surface area contributed by atoms with Crippen LogP contribution in [0.4, 0.5) is 25.1 Å². The van der Waals surface area contributed by atoms with Crippen molar-refractivity contribution in [2.45, 2.75) is 19.6 Å². The lowest BCUT2D eigenvalue weighted by Crippen LogP contribution is -2.44. The topological polar surface area (TPSA) is 123 Å². The van der Waals surface area contributed by atoms with Crippen LogP contribution in [0.3, 0.4) is 0 Å². The van der Waals surface area contributed by atoms with Crippen LogP contribution in [0, 0.1) is 11.8 Å². The highest BCUT2D eigenvalue weighted by Gasteiger charge is 2.42. The number of hydrogen-bond donors (Lipinski definition) is 2. The van der Waals surface area contributed by atoms with Crippen molar-refractivity contribution in [2.24, 2.45) is 7.05 Å². The Morgan fingerprint density at radius 2 is 1.94 bits per heavy atom. The lowest BCUT2D eigenvalue weighted by atomic mass is 10.4. The molecule has 0 atom stereocenters. The molecule has 1 saturated heterocycles. The quantitative estimate of drug-likeness (QED) is 0.352. The highest BCUT2D eigenvalue weighted by Crippen LogP contribution is 2.21. The molecule has 0 unspecified atom stereocenters. The van der Waals surface area contributed by atoms with Crippen molar-refractivity contribution >= 4 is 35.0 Å². The van der Waals surface area contributed by atoms with Gasteiger partial charge in [0.1, 0.15) is 6.54 Å². The molecule has 172 valence electrons. The van der Waals surface area contributed by atoms with Gasteiger partial charge in [-0.1, -0.05) is 5.92 Å². The van der Waals surface area contributed by atoms with Crippen molar-refractivity contribution in [3.05, 3.63) is 10.4 Å². The number of aromatic nitrogens is 4. The second-order valence-corrected chi connectivity index (χ2v) is 6.75. The Hall–Kier alpha value is -3.60. The lowest BCUT2D eigenvalue weighted by Gasteiger charge is -2.28. The van der Waals surface area contributed by atoms with Gasteiger partial charge in [-0.3, -0.25) is 13.9 Å². The Kier molecular flexibility index (Phi) is 6.68. The fourth-order valence-corrected chi connectivity index (χ4v) is 3.07. The van der Waals surface area contributed by atoms with Gasteiger partial charge < -0.3 is 20.3 Å². The molecular formula is C18H20F3N7O4. The average Bonchev–Trinajstić information content (AvgIpc) is 3.12. The van der Waals surface area contributed by atoms with E-state index in [1.165, 1.54) is 7.05 Å². The van der Waals surface area contributed by atoms with Gasteiger partial charge in [0.15, 0.2) is 11.2 Å². The number of halogens is 3. The number of piperazine rings is 1. The number of imidazole rings is 1. The summed E-state index contributed by atoms with van der Waals surface area (Å²) >= 11 is 0. The van der Waals surface area contributed by atoms with E-state index in [0.29, 0.717) is 19.0 Å². The summed E-state index contributed by atoms with van der Waals surface area (Å²) in [6.07, 6.45) is -5.30. The molecule has 0 bridgehead atoms. The summed E-state index contributed by atoms with van der Waals surface area (Å²) in [6.45, 7) is 3.85. The molecule has 3 rings (SSSR count). The molecule has 1 aliphatic heterocycles. The maximum absolute atomic E-state index is 13.0. The highest BCUT2D eigenvalue weighted by molar-refractivity contribution is 5.90. The zero-order valence-electron chi connectivity index (χ0n) is 17.2. The molecule has 32 heavy (non-hydrogen) atoms. The normalized spacial score (nSPS) is 14.1. The minimum absolute atomic E-state index is 0.0850. The van der Waals surface area contributed by atoms with Gasteiger partial charge in [0.05, 0.1) is 6.54 Å². The molecule has 0 saturated carbocycles. The van der Waals surface area contributed by atoms with Crippen LogP contribution in [-0.4, -0.2) is 69.9 Å². The molecule has 14 heteroatoms. The number of anilines is 2. The van der Waals surface area contributed by atoms with E-state index in [9.17, 15) is 27.6 Å². The number of alkyl halides is 3. The Bertz CT molecular complexity index is 1150. The third-order valence-electron chi connectivity index (χ3n) is 4.61. The third kappa shape index (κ3) is 4.83. The molecule has 0 radical (unpaired) electrons. The van der Waals surface area contributed by atoms with Gasteiger partial charge in [0.25, 0.3) is 5.56 Å². The number of carbonyl (C=O) groups is 2. The molecule has 3 heterocycles. The Morgan fingerprint density at radius 3 is 2.56 bits per heavy atom. The summed E-state index contributed by atoms with van der Waals surface area (Å²) in [4.78, 5) is 46.0. The monoisotopic (exact) mass is 455 g/mol. The Labute approximate surface area is 179 Å². The summed E-state index contributed by atoms with van der Waals surface area (Å²) in [5.74, 6) is 1.96. The summed E-state index contributed by atoms with van der Waals surface area (Å²) in [5.41, 5.74) is -0.213. The minimum atomic E-state index is -5.30. The van der Waals surface area contributed by atoms with Crippen molar-refractivity contribution in [1.82, 2.24) is 24.4 Å². The molecule has 11 nitrogen and oxygen atoms in total. The number of hydrogen-bond acceptors (Lipinski definition) is 9. The molecule has 0 amide bonds. The number of ether oxygens (including phenoxy) is 1. The van der Waals surface area contributed by atoms with Crippen LogP contribution in [0.1, 0.15) is 6.92 Å². The number of esters is 2. The highest BCUT2D eigenvalue weighted by atomic mass is 19.4. The van der Waals surface area contributed by atoms with Crippen LogP contribution in [0.15, 0.2) is 4.79 Å². The maximum atomic E-state index is 13.0. The molecule has 0 aliphatic carbocycles. The number of carbonyl (C=O) groups excluding carboxylic acids is 2. The van der Waals surface area contributed by atoms with Gasteiger partial charge in [-0.2, -0.15) is 23.1 Å². The number of nitrogens with one attached hydrogen (secondary N) is 2. The van der Waals surface area contributed by atoms with Crippen molar-refractivity contribution in [1.29, 1.82) is 0 Å². The van der Waals surface area contributed by atoms with Crippen LogP contribution < -0.4 is 21.1 Å². The Balaban J connectivity index is 1.92. The van der Waals surface area contributed by atoms with E-state index >= 15 is 0 Å². The molecule has 2 aromatic rings. The van der Waals surface area contributed by atoms with Gasteiger partial charge >= 0.3 is 18.1 Å². The number of rotatable bonds is 5.